The van der Waals surface area contributed by atoms with E-state index in [0.717, 1.165) is 11.6 Å². The van der Waals surface area contributed by atoms with Crippen molar-refractivity contribution in [3.8, 4) is 0 Å². The minimum Gasteiger partial charge on any atom is -0.465 e. The van der Waals surface area contributed by atoms with Gasteiger partial charge < -0.3 is 10.1 Å². The van der Waals surface area contributed by atoms with Crippen LogP contribution < -0.4 is 5.32 Å². The quantitative estimate of drug-likeness (QED) is 0.873. The normalized spacial score (nSPS) is 10.3. The number of ether oxygens (including phenoxy) is 1. The highest BCUT2D eigenvalue weighted by Gasteiger charge is 2.13. The Balaban J connectivity index is 2.19. The number of methoxy groups -OCH3 is 1. The lowest BCUT2D eigenvalue weighted by Crippen LogP contribution is -2.09. The summed E-state index contributed by atoms with van der Waals surface area (Å²) < 4.78 is 31.3. The number of halogens is 2. The topological polar surface area (TPSA) is 38.3 Å². The van der Waals surface area contributed by atoms with Crippen molar-refractivity contribution in [2.75, 3.05) is 12.4 Å². The largest absolute Gasteiger partial charge is 0.465 e. The van der Waals surface area contributed by atoms with Crippen LogP contribution in [0.4, 0.5) is 14.5 Å². The first-order valence-electron chi connectivity index (χ1n) is 6.38. The molecule has 0 amide bonds. The minimum atomic E-state index is -0.632. The molecule has 0 saturated carbocycles. The fraction of sp³-hybridized carbons (Fsp3) is 0.188. The van der Waals surface area contributed by atoms with Crippen molar-refractivity contribution in [2.24, 2.45) is 0 Å². The number of hydrogen-bond acceptors (Lipinski definition) is 3. The Hall–Kier alpha value is -2.43. The van der Waals surface area contributed by atoms with Crippen molar-refractivity contribution in [2.45, 2.75) is 13.5 Å². The number of carbonyl (C=O) groups excluding carboxylic acids is 1. The molecule has 2 aromatic carbocycles. The van der Waals surface area contributed by atoms with Crippen LogP contribution >= 0.6 is 0 Å². The Morgan fingerprint density at radius 3 is 2.62 bits per heavy atom. The van der Waals surface area contributed by atoms with Crippen molar-refractivity contribution >= 4 is 11.7 Å². The Kier molecular flexibility index (Phi) is 4.52. The Morgan fingerprint density at radius 1 is 1.19 bits per heavy atom. The van der Waals surface area contributed by atoms with Crippen molar-refractivity contribution < 1.29 is 18.3 Å². The van der Waals surface area contributed by atoms with Crippen molar-refractivity contribution in [1.82, 2.24) is 0 Å². The molecule has 110 valence electrons. The van der Waals surface area contributed by atoms with E-state index in [1.54, 1.807) is 19.1 Å². The average molecular weight is 291 g/mol. The summed E-state index contributed by atoms with van der Waals surface area (Å²) in [6, 6.07) is 8.68. The van der Waals surface area contributed by atoms with Crippen LogP contribution in [-0.2, 0) is 11.3 Å². The van der Waals surface area contributed by atoms with Gasteiger partial charge in [-0.2, -0.15) is 0 Å². The van der Waals surface area contributed by atoms with Gasteiger partial charge in [-0.1, -0.05) is 12.1 Å². The molecule has 3 nitrogen and oxygen atoms in total. The minimum absolute atomic E-state index is 0.102. The molecule has 0 aliphatic rings. The predicted octanol–water partition coefficient (Wildman–Crippen LogP) is 3.67. The van der Waals surface area contributed by atoms with Gasteiger partial charge in [0.1, 0.15) is 11.6 Å². The van der Waals surface area contributed by atoms with Crippen LogP contribution in [0.2, 0.25) is 0 Å². The van der Waals surface area contributed by atoms with Crippen LogP contribution in [0, 0.1) is 18.6 Å². The second-order valence-electron chi connectivity index (χ2n) is 4.62. The van der Waals surface area contributed by atoms with Gasteiger partial charge in [-0.3, -0.25) is 0 Å². The molecule has 2 aromatic rings. The van der Waals surface area contributed by atoms with Crippen molar-refractivity contribution in [3.05, 3.63) is 64.7 Å². The summed E-state index contributed by atoms with van der Waals surface area (Å²) in [4.78, 5) is 11.6. The first-order valence-corrected chi connectivity index (χ1v) is 6.38. The summed E-state index contributed by atoms with van der Waals surface area (Å²) in [5.41, 5.74) is 1.82. The van der Waals surface area contributed by atoms with Crippen LogP contribution in [0.25, 0.3) is 0 Å². The van der Waals surface area contributed by atoms with Crippen LogP contribution in [0.1, 0.15) is 21.5 Å². The van der Waals surface area contributed by atoms with Gasteiger partial charge in [-0.15, -0.1) is 0 Å². The van der Waals surface area contributed by atoms with E-state index in [9.17, 15) is 13.6 Å². The fourth-order valence-electron chi connectivity index (χ4n) is 1.89. The van der Waals surface area contributed by atoms with Gasteiger partial charge in [-0.05, 0) is 42.3 Å². The van der Waals surface area contributed by atoms with Gasteiger partial charge in [0.25, 0.3) is 0 Å². The van der Waals surface area contributed by atoms with E-state index < -0.39 is 11.8 Å². The summed E-state index contributed by atoms with van der Waals surface area (Å²) >= 11 is 0. The first-order chi connectivity index (χ1) is 10.0. The SMILES string of the molecule is COC(=O)c1cc(F)ccc1NCc1ccc(C)c(F)c1. The van der Waals surface area contributed by atoms with Gasteiger partial charge in [0, 0.05) is 12.2 Å². The number of rotatable bonds is 4. The maximum atomic E-state index is 13.5. The predicted molar refractivity (Wildman–Crippen MR) is 76.2 cm³/mol. The number of esters is 1. The molecule has 0 unspecified atom stereocenters. The van der Waals surface area contributed by atoms with Crippen LogP contribution in [-0.4, -0.2) is 13.1 Å². The Labute approximate surface area is 121 Å². The number of carbonyl (C=O) groups is 1. The van der Waals surface area contributed by atoms with E-state index in [2.05, 4.69) is 10.1 Å². The second kappa shape index (κ2) is 6.35. The van der Waals surface area contributed by atoms with E-state index in [0.29, 0.717) is 17.8 Å². The van der Waals surface area contributed by atoms with E-state index in [-0.39, 0.29) is 11.4 Å². The molecule has 0 aromatic heterocycles. The lowest BCUT2D eigenvalue weighted by Gasteiger charge is -2.11. The van der Waals surface area contributed by atoms with E-state index in [1.807, 2.05) is 0 Å². The fourth-order valence-corrected chi connectivity index (χ4v) is 1.89. The third kappa shape index (κ3) is 3.56. The third-order valence-corrected chi connectivity index (χ3v) is 3.11. The molecule has 0 radical (unpaired) electrons. The maximum absolute atomic E-state index is 13.5. The lowest BCUT2D eigenvalue weighted by molar-refractivity contribution is 0.0601. The maximum Gasteiger partial charge on any atom is 0.340 e. The molecule has 21 heavy (non-hydrogen) atoms. The molecule has 0 heterocycles. The summed E-state index contributed by atoms with van der Waals surface area (Å²) in [7, 11) is 1.23. The molecule has 2 rings (SSSR count). The third-order valence-electron chi connectivity index (χ3n) is 3.11. The average Bonchev–Trinajstić information content (AvgIpc) is 2.48. The van der Waals surface area contributed by atoms with E-state index in [4.69, 9.17) is 0 Å². The van der Waals surface area contributed by atoms with Gasteiger partial charge in [0.05, 0.1) is 12.7 Å². The molecule has 0 atom stereocenters. The molecule has 0 aliphatic carbocycles. The summed E-state index contributed by atoms with van der Waals surface area (Å²) in [6.07, 6.45) is 0. The Bertz CT molecular complexity index is 671. The van der Waals surface area contributed by atoms with Crippen LogP contribution in [0.15, 0.2) is 36.4 Å². The number of hydrogen-bond donors (Lipinski definition) is 1. The standard InChI is InChI=1S/C16H15F2NO2/c1-10-3-4-11(7-14(10)18)9-19-15-6-5-12(17)8-13(15)16(20)21-2/h3-8,19H,9H2,1-2H3. The molecule has 5 heteroatoms. The van der Waals surface area contributed by atoms with E-state index >= 15 is 0 Å². The number of anilines is 1. The molecule has 0 saturated heterocycles. The van der Waals surface area contributed by atoms with Gasteiger partial charge >= 0.3 is 5.97 Å². The molecule has 0 bridgehead atoms. The highest BCUT2D eigenvalue weighted by atomic mass is 19.1. The molecular formula is C16H15F2NO2. The number of benzene rings is 2. The highest BCUT2D eigenvalue weighted by molar-refractivity contribution is 5.95. The zero-order chi connectivity index (χ0) is 15.4. The van der Waals surface area contributed by atoms with Gasteiger partial charge in [0.2, 0.25) is 0 Å². The molecule has 1 N–H and O–H groups in total. The Morgan fingerprint density at radius 2 is 1.95 bits per heavy atom. The smallest absolute Gasteiger partial charge is 0.340 e. The summed E-state index contributed by atoms with van der Waals surface area (Å²) in [6.45, 7) is 1.99. The lowest BCUT2D eigenvalue weighted by atomic mass is 10.1. The van der Waals surface area contributed by atoms with E-state index in [1.165, 1.54) is 25.3 Å². The molecular weight excluding hydrogens is 276 g/mol. The second-order valence-corrected chi connectivity index (χ2v) is 4.62. The zero-order valence-electron chi connectivity index (χ0n) is 11.7. The summed E-state index contributed by atoms with van der Waals surface area (Å²) in [5, 5.41) is 2.98. The number of aryl methyl sites for hydroxylation is 1. The first kappa shape index (κ1) is 15.0. The zero-order valence-corrected chi connectivity index (χ0v) is 11.7. The summed E-state index contributed by atoms with van der Waals surface area (Å²) in [5.74, 6) is -1.45. The van der Waals surface area contributed by atoms with Crippen molar-refractivity contribution in [1.29, 1.82) is 0 Å². The monoisotopic (exact) mass is 291 g/mol. The highest BCUT2D eigenvalue weighted by Crippen LogP contribution is 2.19. The van der Waals surface area contributed by atoms with Gasteiger partial charge in [0.15, 0.2) is 0 Å². The van der Waals surface area contributed by atoms with Crippen LogP contribution in [0.5, 0.6) is 0 Å². The molecule has 0 fully saturated rings. The molecule has 0 spiro atoms. The number of nitrogens with one attached hydrogen (secondary N) is 1. The molecule has 0 aliphatic heterocycles. The van der Waals surface area contributed by atoms with Gasteiger partial charge in [-0.25, -0.2) is 13.6 Å². The van der Waals surface area contributed by atoms with Crippen LogP contribution in [0.3, 0.4) is 0 Å². The van der Waals surface area contributed by atoms with Crippen molar-refractivity contribution in [3.63, 3.8) is 0 Å².